The van der Waals surface area contributed by atoms with Crippen LogP contribution in [-0.4, -0.2) is 17.3 Å². The first-order valence-corrected chi connectivity index (χ1v) is 6.32. The van der Waals surface area contributed by atoms with Gasteiger partial charge in [0.15, 0.2) is 5.75 Å². The summed E-state index contributed by atoms with van der Waals surface area (Å²) in [6.07, 6.45) is 1.75. The molecule has 0 unspecified atom stereocenters. The van der Waals surface area contributed by atoms with E-state index < -0.39 is 4.92 Å². The predicted molar refractivity (Wildman–Crippen MR) is 71.7 cm³/mol. The first-order chi connectivity index (χ1) is 8.06. The third-order valence-corrected chi connectivity index (χ3v) is 2.87. The van der Waals surface area contributed by atoms with Gasteiger partial charge < -0.3 is 4.74 Å². The molecule has 0 amide bonds. The van der Waals surface area contributed by atoms with Crippen LogP contribution in [0.15, 0.2) is 12.1 Å². The summed E-state index contributed by atoms with van der Waals surface area (Å²) in [7, 11) is 0. The average Bonchev–Trinajstić information content (AvgIpc) is 2.26. The molecule has 0 spiro atoms. The quantitative estimate of drug-likeness (QED) is 0.374. The van der Waals surface area contributed by atoms with Crippen LogP contribution in [0.5, 0.6) is 5.75 Å². The summed E-state index contributed by atoms with van der Waals surface area (Å²) in [5, 5.41) is 10.9. The lowest BCUT2D eigenvalue weighted by Gasteiger charge is -2.09. The lowest BCUT2D eigenvalue weighted by molar-refractivity contribution is -0.384. The van der Waals surface area contributed by atoms with Gasteiger partial charge in [0.05, 0.1) is 21.6 Å². The molecule has 1 aromatic rings. The van der Waals surface area contributed by atoms with Crippen LogP contribution in [0.1, 0.15) is 12.8 Å². The van der Waals surface area contributed by atoms with E-state index in [1.165, 1.54) is 12.1 Å². The zero-order valence-electron chi connectivity index (χ0n) is 8.86. The normalized spacial score (nSPS) is 10.3. The Hall–Kier alpha value is -0.650. The van der Waals surface area contributed by atoms with Gasteiger partial charge in [-0.2, -0.15) is 12.6 Å². The lowest BCUT2D eigenvalue weighted by atomic mass is 10.3. The molecule has 0 heterocycles. The number of hydrogen-bond donors (Lipinski definition) is 1. The summed E-state index contributed by atoms with van der Waals surface area (Å²) in [6, 6.07) is 2.45. The highest BCUT2D eigenvalue weighted by Crippen LogP contribution is 2.36. The number of rotatable bonds is 6. The second-order valence-electron chi connectivity index (χ2n) is 3.27. The van der Waals surface area contributed by atoms with Gasteiger partial charge in [-0.1, -0.05) is 23.2 Å². The van der Waals surface area contributed by atoms with Gasteiger partial charge in [0, 0.05) is 12.1 Å². The van der Waals surface area contributed by atoms with E-state index in [0.717, 1.165) is 18.6 Å². The van der Waals surface area contributed by atoms with Gasteiger partial charge in [0.25, 0.3) is 5.69 Å². The molecule has 0 atom stereocenters. The smallest absolute Gasteiger partial charge is 0.272 e. The molecule has 0 N–H and O–H groups in total. The summed E-state index contributed by atoms with van der Waals surface area (Å²) >= 11 is 15.8. The van der Waals surface area contributed by atoms with Crippen LogP contribution in [0.2, 0.25) is 10.0 Å². The monoisotopic (exact) mass is 295 g/mol. The average molecular weight is 296 g/mol. The van der Waals surface area contributed by atoms with Gasteiger partial charge in [0.1, 0.15) is 0 Å². The van der Waals surface area contributed by atoms with E-state index in [1.54, 1.807) is 0 Å². The number of hydrogen-bond acceptors (Lipinski definition) is 4. The van der Waals surface area contributed by atoms with E-state index in [1.807, 2.05) is 0 Å². The Kier molecular flexibility index (Phi) is 5.88. The minimum atomic E-state index is -0.553. The minimum Gasteiger partial charge on any atom is -0.490 e. The fourth-order valence-electron chi connectivity index (χ4n) is 1.18. The van der Waals surface area contributed by atoms with Crippen LogP contribution < -0.4 is 4.74 Å². The largest absolute Gasteiger partial charge is 0.490 e. The molecule has 7 heteroatoms. The maximum atomic E-state index is 10.6. The summed E-state index contributed by atoms with van der Waals surface area (Å²) < 4.78 is 5.38. The van der Waals surface area contributed by atoms with Crippen LogP contribution >= 0.6 is 35.8 Å². The van der Waals surface area contributed by atoms with Crippen LogP contribution in [0.4, 0.5) is 5.69 Å². The number of halogens is 2. The van der Waals surface area contributed by atoms with E-state index in [0.29, 0.717) is 6.61 Å². The molecule has 4 nitrogen and oxygen atoms in total. The van der Waals surface area contributed by atoms with Crippen molar-refractivity contribution in [1.29, 1.82) is 0 Å². The number of non-ortho nitro benzene ring substituents is 1. The van der Waals surface area contributed by atoms with Crippen molar-refractivity contribution in [3.05, 3.63) is 32.3 Å². The number of nitrogens with zero attached hydrogens (tertiary/aromatic N) is 1. The molecule has 0 aromatic heterocycles. The zero-order chi connectivity index (χ0) is 12.8. The van der Waals surface area contributed by atoms with Gasteiger partial charge in [-0.15, -0.1) is 0 Å². The lowest BCUT2D eigenvalue weighted by Crippen LogP contribution is -1.99. The topological polar surface area (TPSA) is 52.4 Å². The summed E-state index contributed by atoms with van der Waals surface area (Å²) in [5.74, 6) is 1.07. The molecule has 1 rings (SSSR count). The third kappa shape index (κ3) is 4.26. The molecule has 0 aliphatic carbocycles. The predicted octanol–water partition coefficient (Wildman–Crippen LogP) is 3.99. The number of ether oxygens (including phenoxy) is 1. The van der Waals surface area contributed by atoms with E-state index in [2.05, 4.69) is 12.6 Å². The fraction of sp³-hybridized carbons (Fsp3) is 0.400. The minimum absolute atomic E-state index is 0.148. The number of nitro groups is 1. The molecular formula is C10H11Cl2NO3S. The van der Waals surface area contributed by atoms with Gasteiger partial charge in [-0.25, -0.2) is 0 Å². The fourth-order valence-corrected chi connectivity index (χ4v) is 1.99. The second kappa shape index (κ2) is 6.93. The Balaban J connectivity index is 2.76. The molecule has 0 fully saturated rings. The van der Waals surface area contributed by atoms with Crippen molar-refractivity contribution in [1.82, 2.24) is 0 Å². The Morgan fingerprint density at radius 1 is 1.29 bits per heavy atom. The highest BCUT2D eigenvalue weighted by atomic mass is 35.5. The molecule has 0 radical (unpaired) electrons. The standard InChI is InChI=1S/C10H11Cl2NO3S/c11-8-5-7(13(14)15)6-9(12)10(8)16-3-1-2-4-17/h5-6,17H,1-4H2. The first-order valence-electron chi connectivity index (χ1n) is 4.93. The Bertz CT molecular complexity index is 392. The summed E-state index contributed by atoms with van der Waals surface area (Å²) in [4.78, 5) is 10.0. The number of thiol groups is 1. The molecule has 0 bridgehead atoms. The SMILES string of the molecule is O=[N+]([O-])c1cc(Cl)c(OCCCCS)c(Cl)c1. The van der Waals surface area contributed by atoms with Gasteiger partial charge >= 0.3 is 0 Å². The summed E-state index contributed by atoms with van der Waals surface area (Å²) in [5.41, 5.74) is -0.150. The van der Waals surface area contributed by atoms with Gasteiger partial charge in [-0.05, 0) is 18.6 Å². The molecule has 0 aliphatic rings. The maximum absolute atomic E-state index is 10.6. The third-order valence-electron chi connectivity index (χ3n) is 1.99. The maximum Gasteiger partial charge on any atom is 0.272 e. The van der Waals surface area contributed by atoms with Crippen molar-refractivity contribution in [2.75, 3.05) is 12.4 Å². The van der Waals surface area contributed by atoms with Crippen molar-refractivity contribution in [3.8, 4) is 5.75 Å². The summed E-state index contributed by atoms with van der Waals surface area (Å²) in [6.45, 7) is 0.456. The Morgan fingerprint density at radius 2 is 1.88 bits per heavy atom. The molecule has 0 aliphatic heterocycles. The van der Waals surface area contributed by atoms with Crippen LogP contribution in [0, 0.1) is 10.1 Å². The molecule has 94 valence electrons. The van der Waals surface area contributed by atoms with Gasteiger partial charge in [0.2, 0.25) is 0 Å². The number of nitro benzene ring substituents is 1. The molecule has 0 saturated carbocycles. The van der Waals surface area contributed by atoms with Gasteiger partial charge in [-0.3, -0.25) is 10.1 Å². The molecule has 0 saturated heterocycles. The van der Waals surface area contributed by atoms with Crippen molar-refractivity contribution in [2.24, 2.45) is 0 Å². The van der Waals surface area contributed by atoms with E-state index in [4.69, 9.17) is 27.9 Å². The van der Waals surface area contributed by atoms with E-state index in [-0.39, 0.29) is 21.5 Å². The van der Waals surface area contributed by atoms with Crippen molar-refractivity contribution < 1.29 is 9.66 Å². The highest BCUT2D eigenvalue weighted by molar-refractivity contribution is 7.80. The molecular weight excluding hydrogens is 285 g/mol. The second-order valence-corrected chi connectivity index (χ2v) is 4.54. The van der Waals surface area contributed by atoms with E-state index in [9.17, 15) is 10.1 Å². The van der Waals surface area contributed by atoms with E-state index >= 15 is 0 Å². The molecule has 1 aromatic carbocycles. The van der Waals surface area contributed by atoms with Crippen LogP contribution in [0.25, 0.3) is 0 Å². The Morgan fingerprint density at radius 3 is 2.35 bits per heavy atom. The number of unbranched alkanes of at least 4 members (excludes halogenated alkanes) is 1. The van der Waals surface area contributed by atoms with Crippen molar-refractivity contribution in [3.63, 3.8) is 0 Å². The van der Waals surface area contributed by atoms with Crippen molar-refractivity contribution in [2.45, 2.75) is 12.8 Å². The highest BCUT2D eigenvalue weighted by Gasteiger charge is 2.15. The first kappa shape index (κ1) is 14.4. The van der Waals surface area contributed by atoms with Crippen LogP contribution in [-0.2, 0) is 0 Å². The Labute approximate surface area is 114 Å². The molecule has 17 heavy (non-hydrogen) atoms. The van der Waals surface area contributed by atoms with Crippen molar-refractivity contribution >= 4 is 41.5 Å². The zero-order valence-corrected chi connectivity index (χ0v) is 11.3. The van der Waals surface area contributed by atoms with Crippen LogP contribution in [0.3, 0.4) is 0 Å². The number of benzene rings is 1.